The number of esters is 2. The molecule has 0 bridgehead atoms. The molecule has 0 saturated heterocycles. The molecule has 2 unspecified atom stereocenters. The van der Waals surface area contributed by atoms with E-state index in [1.54, 1.807) is 0 Å². The van der Waals surface area contributed by atoms with Crippen LogP contribution in [0.2, 0.25) is 0 Å². The summed E-state index contributed by atoms with van der Waals surface area (Å²) in [4.78, 5) is 37.3. The van der Waals surface area contributed by atoms with Crippen LogP contribution in [0.1, 0.15) is 245 Å². The van der Waals surface area contributed by atoms with Crippen LogP contribution in [0.25, 0.3) is 0 Å². The van der Waals surface area contributed by atoms with Gasteiger partial charge >= 0.3 is 11.9 Å². The van der Waals surface area contributed by atoms with Crippen LogP contribution in [0, 0.1) is 0 Å². The zero-order chi connectivity index (χ0) is 54.8. The summed E-state index contributed by atoms with van der Waals surface area (Å²) in [6.45, 7) is 4.64. The molecule has 0 fully saturated rings. The molecule has 0 aromatic heterocycles. The van der Waals surface area contributed by atoms with E-state index in [4.69, 9.17) is 18.9 Å². The smallest absolute Gasteiger partial charge is 0.306 e. The van der Waals surface area contributed by atoms with Gasteiger partial charge in [0.2, 0.25) is 0 Å². The lowest BCUT2D eigenvalue weighted by Gasteiger charge is -2.26. The van der Waals surface area contributed by atoms with Gasteiger partial charge < -0.3 is 33.3 Å². The predicted octanol–water partition coefficient (Wildman–Crippen LogP) is 16.8. The van der Waals surface area contributed by atoms with Gasteiger partial charge in [0.15, 0.2) is 12.4 Å². The normalized spacial score (nSPS) is 13.5. The van der Waals surface area contributed by atoms with Crippen molar-refractivity contribution in [3.05, 3.63) is 97.2 Å². The molecule has 0 saturated carbocycles. The maximum atomic E-state index is 12.9. The number of carbonyl (C=O) groups excluding carboxylic acids is 3. The zero-order valence-electron chi connectivity index (χ0n) is 48.9. The monoisotopic (exact) mass is 1050 g/mol. The number of likely N-dealkylation sites (N-methyl/N-ethyl adjacent to an activating group) is 1. The maximum Gasteiger partial charge on any atom is 0.306 e. The summed E-state index contributed by atoms with van der Waals surface area (Å²) in [5.74, 6) is -2.29. The van der Waals surface area contributed by atoms with E-state index in [0.717, 1.165) is 96.3 Å². The lowest BCUT2D eigenvalue weighted by Crippen LogP contribution is -2.44. The number of allylic oxidation sites excluding steroid dienone is 16. The molecule has 0 aromatic carbocycles. The summed E-state index contributed by atoms with van der Waals surface area (Å²) in [5, 5.41) is 11.8. The number of nitrogens with zero attached hydrogens (tertiary/aromatic N) is 1. The van der Waals surface area contributed by atoms with Gasteiger partial charge in [-0.15, -0.1) is 0 Å². The third-order valence-corrected chi connectivity index (χ3v) is 12.8. The first-order valence-electron chi connectivity index (χ1n) is 30.4. The second-order valence-electron chi connectivity index (χ2n) is 21.3. The number of quaternary nitrogens is 1. The lowest BCUT2D eigenvalue weighted by atomic mass is 10.0. The quantitative estimate of drug-likeness (QED) is 0.0195. The number of carboxylic acid groups (broad SMARTS) is 1. The van der Waals surface area contributed by atoms with Crippen molar-refractivity contribution in [1.29, 1.82) is 0 Å². The van der Waals surface area contributed by atoms with Crippen LogP contribution in [0.3, 0.4) is 0 Å². The van der Waals surface area contributed by atoms with Gasteiger partial charge in [-0.3, -0.25) is 9.59 Å². The zero-order valence-corrected chi connectivity index (χ0v) is 48.9. The Kier molecular flexibility index (Phi) is 53.6. The van der Waals surface area contributed by atoms with Crippen molar-refractivity contribution < 1.29 is 42.9 Å². The Hall–Kier alpha value is -3.79. The molecule has 2 atom stereocenters. The van der Waals surface area contributed by atoms with Gasteiger partial charge in [-0.2, -0.15) is 0 Å². The number of aliphatic carboxylic acids is 1. The van der Waals surface area contributed by atoms with Crippen LogP contribution in [-0.4, -0.2) is 82.3 Å². The summed E-state index contributed by atoms with van der Waals surface area (Å²) in [6, 6.07) is 0. The second-order valence-corrected chi connectivity index (χ2v) is 21.3. The number of carboxylic acids is 1. The van der Waals surface area contributed by atoms with Gasteiger partial charge in [-0.1, -0.05) is 252 Å². The van der Waals surface area contributed by atoms with Crippen molar-refractivity contribution in [2.75, 3.05) is 47.5 Å². The first kappa shape index (κ1) is 71.2. The minimum absolute atomic E-state index is 0.144. The molecule has 0 aliphatic rings. The van der Waals surface area contributed by atoms with Crippen molar-refractivity contribution in [3.8, 4) is 0 Å². The van der Waals surface area contributed by atoms with Crippen LogP contribution in [0.5, 0.6) is 0 Å². The summed E-state index contributed by atoms with van der Waals surface area (Å²) < 4.78 is 22.7. The third-order valence-electron chi connectivity index (χ3n) is 12.8. The van der Waals surface area contributed by atoms with Gasteiger partial charge in [0.25, 0.3) is 0 Å². The maximum absolute atomic E-state index is 12.9. The molecule has 0 N–H and O–H groups in total. The molecule has 9 nitrogen and oxygen atoms in total. The molecule has 0 radical (unpaired) electrons. The summed E-state index contributed by atoms with van der Waals surface area (Å²) in [6.07, 6.45) is 73.2. The standard InChI is InChI=1S/C66H113NO8/c1-6-8-10-12-14-16-18-20-22-23-24-25-26-27-28-29-30-31-32-33-34-35-36-37-38-39-40-41-43-45-47-49-51-53-55-57-64(69)75-62(61-74-66(65(70)71)72-59-58-67(3,4)5)60-73-63(68)56-54-52-50-48-46-44-42-21-19-17-15-13-11-9-7-2/h8,10,14,16,20,22,24-25,27-28,30-31,33-34,36-37,62,66H,6-7,9,11-13,15,17-19,21,23,26,29,32,35,38-61H2,1-5H3/b10-8-,16-14-,22-20-,25-24-,28-27-,31-30-,34-33-,37-36-. The fourth-order valence-electron chi connectivity index (χ4n) is 8.20. The highest BCUT2D eigenvalue weighted by molar-refractivity contribution is 5.70. The topological polar surface area (TPSA) is 111 Å². The van der Waals surface area contributed by atoms with Crippen molar-refractivity contribution in [2.24, 2.45) is 0 Å². The van der Waals surface area contributed by atoms with E-state index in [1.807, 2.05) is 21.1 Å². The number of carbonyl (C=O) groups is 3. The van der Waals surface area contributed by atoms with E-state index in [9.17, 15) is 19.5 Å². The molecule has 0 rings (SSSR count). The summed E-state index contributed by atoms with van der Waals surface area (Å²) in [7, 11) is 5.92. The molecular formula is C66H113NO8. The number of hydrogen-bond acceptors (Lipinski definition) is 8. The number of ether oxygens (including phenoxy) is 4. The Morgan fingerprint density at radius 2 is 0.760 bits per heavy atom. The molecule has 0 aliphatic heterocycles. The average molecular weight is 1050 g/mol. The molecule has 0 heterocycles. The van der Waals surface area contributed by atoms with Gasteiger partial charge in [-0.25, -0.2) is 0 Å². The van der Waals surface area contributed by atoms with Gasteiger partial charge in [0, 0.05) is 12.8 Å². The van der Waals surface area contributed by atoms with Gasteiger partial charge in [0.05, 0.1) is 40.3 Å². The predicted molar refractivity (Wildman–Crippen MR) is 315 cm³/mol. The van der Waals surface area contributed by atoms with Crippen molar-refractivity contribution in [1.82, 2.24) is 0 Å². The van der Waals surface area contributed by atoms with Crippen molar-refractivity contribution in [3.63, 3.8) is 0 Å². The van der Waals surface area contributed by atoms with E-state index in [1.165, 1.54) is 116 Å². The highest BCUT2D eigenvalue weighted by Crippen LogP contribution is 2.16. The molecule has 430 valence electrons. The molecular weight excluding hydrogens is 935 g/mol. The Morgan fingerprint density at radius 3 is 1.13 bits per heavy atom. The molecule has 9 heteroatoms. The van der Waals surface area contributed by atoms with E-state index in [-0.39, 0.29) is 32.2 Å². The SMILES string of the molecule is CC/C=C\C/C=C\C/C=C\C/C=C\C/C=C\C/C=C\C/C=C\C/C=C\CCCCCCCCCCCCC(=O)OC(COC(=O)CCCCCCCCCCCCCCCCC)COC(OCC[N+](C)(C)C)C(=O)[O-]. The molecule has 0 amide bonds. The van der Waals surface area contributed by atoms with E-state index < -0.39 is 24.3 Å². The fourth-order valence-corrected chi connectivity index (χ4v) is 8.20. The third kappa shape index (κ3) is 57.7. The van der Waals surface area contributed by atoms with Crippen LogP contribution >= 0.6 is 0 Å². The Labute approximate surface area is 461 Å². The average Bonchev–Trinajstić information content (AvgIpc) is 3.38. The first-order valence-corrected chi connectivity index (χ1v) is 30.4. The Morgan fingerprint density at radius 1 is 0.413 bits per heavy atom. The number of hydrogen-bond donors (Lipinski definition) is 0. The minimum atomic E-state index is -1.62. The van der Waals surface area contributed by atoms with Crippen molar-refractivity contribution in [2.45, 2.75) is 257 Å². The molecule has 75 heavy (non-hydrogen) atoms. The van der Waals surface area contributed by atoms with Crippen LogP contribution in [-0.2, 0) is 33.3 Å². The molecule has 0 spiro atoms. The van der Waals surface area contributed by atoms with E-state index in [0.29, 0.717) is 23.9 Å². The lowest BCUT2D eigenvalue weighted by molar-refractivity contribution is -0.870. The largest absolute Gasteiger partial charge is 0.545 e. The van der Waals surface area contributed by atoms with Crippen LogP contribution < -0.4 is 5.11 Å². The van der Waals surface area contributed by atoms with E-state index >= 15 is 0 Å². The fraction of sp³-hybridized carbons (Fsp3) is 0.712. The molecule has 0 aromatic rings. The highest BCUT2D eigenvalue weighted by Gasteiger charge is 2.22. The second kappa shape index (κ2) is 56.4. The minimum Gasteiger partial charge on any atom is -0.545 e. The Balaban J connectivity index is 4.18. The highest BCUT2D eigenvalue weighted by atomic mass is 16.7. The number of rotatable bonds is 55. The van der Waals surface area contributed by atoms with Crippen LogP contribution in [0.4, 0.5) is 0 Å². The summed E-state index contributed by atoms with van der Waals surface area (Å²) in [5.41, 5.74) is 0. The number of unbranched alkanes of at least 4 members (excludes halogenated alkanes) is 24. The van der Waals surface area contributed by atoms with Gasteiger partial charge in [-0.05, 0) is 77.0 Å². The van der Waals surface area contributed by atoms with Crippen LogP contribution in [0.15, 0.2) is 97.2 Å². The Bertz CT molecular complexity index is 1550. The van der Waals surface area contributed by atoms with E-state index in [2.05, 4.69) is 111 Å². The summed E-state index contributed by atoms with van der Waals surface area (Å²) >= 11 is 0. The van der Waals surface area contributed by atoms with Crippen molar-refractivity contribution >= 4 is 17.9 Å². The first-order chi connectivity index (χ1) is 36.6. The molecule has 0 aliphatic carbocycles. The van der Waals surface area contributed by atoms with Gasteiger partial charge in [0.1, 0.15) is 13.2 Å².